The van der Waals surface area contributed by atoms with Crippen LogP contribution in [0.4, 0.5) is 0 Å². The Balaban J connectivity index is 1.84. The van der Waals surface area contributed by atoms with Crippen LogP contribution >= 0.6 is 0 Å². The van der Waals surface area contributed by atoms with E-state index in [4.69, 9.17) is 9.15 Å². The van der Waals surface area contributed by atoms with E-state index in [1.54, 1.807) is 0 Å². The molecule has 4 nitrogen and oxygen atoms in total. The van der Waals surface area contributed by atoms with Crippen LogP contribution in [-0.2, 0) is 4.74 Å². The standard InChI is InChI=1S/C18H16N2O2/c1-3-7-13(8-4-1)15-16(14-9-5-2-6-10-14)22-18(20-15)17-19-11-12-21-17/h1-10,17,19H,11-12H2/t17-/m0/s1. The van der Waals surface area contributed by atoms with Crippen LogP contribution in [0, 0.1) is 0 Å². The van der Waals surface area contributed by atoms with Crippen LogP contribution in [0.15, 0.2) is 65.1 Å². The number of rotatable bonds is 3. The summed E-state index contributed by atoms with van der Waals surface area (Å²) in [4.78, 5) is 4.68. The van der Waals surface area contributed by atoms with Crippen LogP contribution in [0.3, 0.4) is 0 Å². The lowest BCUT2D eigenvalue weighted by atomic mass is 10.1. The minimum absolute atomic E-state index is 0.264. The number of oxazole rings is 1. The van der Waals surface area contributed by atoms with E-state index in [0.717, 1.165) is 29.1 Å². The third-order valence-electron chi connectivity index (χ3n) is 3.67. The molecule has 1 aromatic heterocycles. The molecule has 2 heterocycles. The second kappa shape index (κ2) is 5.75. The van der Waals surface area contributed by atoms with E-state index >= 15 is 0 Å². The lowest BCUT2D eigenvalue weighted by molar-refractivity contribution is 0.0794. The van der Waals surface area contributed by atoms with Gasteiger partial charge in [-0.1, -0.05) is 60.7 Å². The minimum atomic E-state index is -0.264. The highest BCUT2D eigenvalue weighted by Crippen LogP contribution is 2.34. The van der Waals surface area contributed by atoms with E-state index in [-0.39, 0.29) is 6.23 Å². The van der Waals surface area contributed by atoms with E-state index in [9.17, 15) is 0 Å². The maximum absolute atomic E-state index is 6.04. The summed E-state index contributed by atoms with van der Waals surface area (Å²) in [7, 11) is 0. The van der Waals surface area contributed by atoms with Crippen LogP contribution < -0.4 is 5.32 Å². The minimum Gasteiger partial charge on any atom is -0.436 e. The van der Waals surface area contributed by atoms with Gasteiger partial charge in [-0.25, -0.2) is 4.98 Å². The number of nitrogens with one attached hydrogen (secondary N) is 1. The molecule has 0 aliphatic carbocycles. The van der Waals surface area contributed by atoms with Crippen LogP contribution in [-0.4, -0.2) is 18.1 Å². The Bertz CT molecular complexity index is 690. The third-order valence-corrected chi connectivity index (χ3v) is 3.67. The highest BCUT2D eigenvalue weighted by atomic mass is 16.5. The lowest BCUT2D eigenvalue weighted by Crippen LogP contribution is -2.14. The molecule has 4 heteroatoms. The number of nitrogens with zero attached hydrogens (tertiary/aromatic N) is 1. The van der Waals surface area contributed by atoms with Crippen molar-refractivity contribution < 1.29 is 9.15 Å². The summed E-state index contributed by atoms with van der Waals surface area (Å²) in [6, 6.07) is 20.1. The van der Waals surface area contributed by atoms with E-state index in [1.165, 1.54) is 0 Å². The molecule has 0 saturated carbocycles. The largest absolute Gasteiger partial charge is 0.436 e. The molecular weight excluding hydrogens is 276 g/mol. The topological polar surface area (TPSA) is 47.3 Å². The molecule has 22 heavy (non-hydrogen) atoms. The number of aromatic nitrogens is 1. The zero-order valence-electron chi connectivity index (χ0n) is 12.0. The van der Waals surface area contributed by atoms with Crippen molar-refractivity contribution >= 4 is 0 Å². The van der Waals surface area contributed by atoms with Gasteiger partial charge in [0.05, 0.1) is 6.61 Å². The fourth-order valence-corrected chi connectivity index (χ4v) is 2.61. The quantitative estimate of drug-likeness (QED) is 0.801. The van der Waals surface area contributed by atoms with Crippen molar-refractivity contribution in [2.75, 3.05) is 13.2 Å². The van der Waals surface area contributed by atoms with Crippen LogP contribution in [0.2, 0.25) is 0 Å². The summed E-state index contributed by atoms with van der Waals surface area (Å²) in [5, 5.41) is 3.24. The predicted octanol–water partition coefficient (Wildman–Crippen LogP) is 3.63. The zero-order chi connectivity index (χ0) is 14.8. The van der Waals surface area contributed by atoms with E-state index < -0.39 is 0 Å². The van der Waals surface area contributed by atoms with Crippen LogP contribution in [0.1, 0.15) is 12.1 Å². The first-order chi connectivity index (χ1) is 10.9. The molecule has 0 amide bonds. The number of hydrogen-bond acceptors (Lipinski definition) is 4. The van der Waals surface area contributed by atoms with Crippen molar-refractivity contribution in [3.05, 3.63) is 66.6 Å². The predicted molar refractivity (Wildman–Crippen MR) is 84.1 cm³/mol. The molecule has 1 aliphatic heterocycles. The second-order valence-corrected chi connectivity index (χ2v) is 5.17. The molecule has 0 bridgehead atoms. The van der Waals surface area contributed by atoms with Crippen molar-refractivity contribution in [3.8, 4) is 22.6 Å². The van der Waals surface area contributed by atoms with Gasteiger partial charge in [-0.15, -0.1) is 0 Å². The molecule has 1 atom stereocenters. The van der Waals surface area contributed by atoms with Crippen molar-refractivity contribution in [2.24, 2.45) is 0 Å². The molecule has 0 spiro atoms. The molecular formula is C18H16N2O2. The number of hydrogen-bond donors (Lipinski definition) is 1. The lowest BCUT2D eigenvalue weighted by Gasteiger charge is -2.03. The maximum atomic E-state index is 6.04. The summed E-state index contributed by atoms with van der Waals surface area (Å²) >= 11 is 0. The zero-order valence-corrected chi connectivity index (χ0v) is 12.0. The van der Waals surface area contributed by atoms with Gasteiger partial charge in [0.2, 0.25) is 5.89 Å². The fraction of sp³-hybridized carbons (Fsp3) is 0.167. The molecule has 110 valence electrons. The molecule has 4 rings (SSSR count). The monoisotopic (exact) mass is 292 g/mol. The average molecular weight is 292 g/mol. The first kappa shape index (κ1) is 13.2. The molecule has 1 aliphatic rings. The highest BCUT2D eigenvalue weighted by molar-refractivity contribution is 5.76. The summed E-state index contributed by atoms with van der Waals surface area (Å²) < 4.78 is 11.7. The Labute approximate surface area is 128 Å². The van der Waals surface area contributed by atoms with Crippen molar-refractivity contribution in [3.63, 3.8) is 0 Å². The molecule has 0 unspecified atom stereocenters. The van der Waals surface area contributed by atoms with Gasteiger partial charge < -0.3 is 9.15 Å². The average Bonchev–Trinajstić information content (AvgIpc) is 3.26. The molecule has 1 fully saturated rings. The summed E-state index contributed by atoms with van der Waals surface area (Å²) in [6.07, 6.45) is -0.264. The van der Waals surface area contributed by atoms with Crippen molar-refractivity contribution in [1.82, 2.24) is 10.3 Å². The molecule has 0 radical (unpaired) electrons. The number of ether oxygens (including phenoxy) is 1. The van der Waals surface area contributed by atoms with Gasteiger partial charge in [-0.05, 0) is 0 Å². The highest BCUT2D eigenvalue weighted by Gasteiger charge is 2.25. The second-order valence-electron chi connectivity index (χ2n) is 5.17. The summed E-state index contributed by atoms with van der Waals surface area (Å²) in [5.41, 5.74) is 2.89. The maximum Gasteiger partial charge on any atom is 0.239 e. The van der Waals surface area contributed by atoms with Gasteiger partial charge in [0, 0.05) is 17.7 Å². The van der Waals surface area contributed by atoms with Crippen LogP contribution in [0.5, 0.6) is 0 Å². The Morgan fingerprint density at radius 3 is 2.23 bits per heavy atom. The summed E-state index contributed by atoms with van der Waals surface area (Å²) in [5.74, 6) is 1.36. The van der Waals surface area contributed by atoms with E-state index in [1.807, 2.05) is 60.7 Å². The van der Waals surface area contributed by atoms with Gasteiger partial charge >= 0.3 is 0 Å². The molecule has 1 N–H and O–H groups in total. The Morgan fingerprint density at radius 1 is 0.909 bits per heavy atom. The smallest absolute Gasteiger partial charge is 0.239 e. The number of benzene rings is 2. The molecule has 2 aromatic carbocycles. The van der Waals surface area contributed by atoms with Gasteiger partial charge in [0.15, 0.2) is 12.0 Å². The van der Waals surface area contributed by atoms with Gasteiger partial charge in [-0.3, -0.25) is 5.32 Å². The van der Waals surface area contributed by atoms with Crippen molar-refractivity contribution in [1.29, 1.82) is 0 Å². The SMILES string of the molecule is c1ccc(-c2nc([C@H]3NCCO3)oc2-c2ccccc2)cc1. The Morgan fingerprint density at radius 2 is 1.59 bits per heavy atom. The van der Waals surface area contributed by atoms with Gasteiger partial charge in [0.1, 0.15) is 5.69 Å². The Kier molecular flexibility index (Phi) is 3.46. The van der Waals surface area contributed by atoms with Gasteiger partial charge in [-0.2, -0.15) is 0 Å². The van der Waals surface area contributed by atoms with Crippen molar-refractivity contribution in [2.45, 2.75) is 6.23 Å². The third kappa shape index (κ3) is 2.43. The molecule has 1 saturated heterocycles. The molecule has 3 aromatic rings. The van der Waals surface area contributed by atoms with Gasteiger partial charge in [0.25, 0.3) is 0 Å². The first-order valence-electron chi connectivity index (χ1n) is 7.38. The van der Waals surface area contributed by atoms with E-state index in [0.29, 0.717) is 12.5 Å². The first-order valence-corrected chi connectivity index (χ1v) is 7.38. The summed E-state index contributed by atoms with van der Waals surface area (Å²) in [6.45, 7) is 1.49. The van der Waals surface area contributed by atoms with E-state index in [2.05, 4.69) is 10.3 Å². The Hall–Kier alpha value is -2.43. The van der Waals surface area contributed by atoms with Crippen LogP contribution in [0.25, 0.3) is 22.6 Å². The normalized spacial score (nSPS) is 17.7. The fourth-order valence-electron chi connectivity index (χ4n) is 2.61.